The van der Waals surface area contributed by atoms with E-state index in [4.69, 9.17) is 9.47 Å². The number of esters is 2. The van der Waals surface area contributed by atoms with Gasteiger partial charge in [0.2, 0.25) is 11.6 Å². The minimum Gasteiger partial charge on any atom is -0.466 e. The van der Waals surface area contributed by atoms with Crippen LogP contribution in [0.4, 0.5) is 23.2 Å². The Kier molecular flexibility index (Phi) is 7.80. The maximum absolute atomic E-state index is 14.3. The van der Waals surface area contributed by atoms with Gasteiger partial charge in [0, 0.05) is 12.6 Å². The van der Waals surface area contributed by atoms with Gasteiger partial charge in [-0.2, -0.15) is 22.5 Å². The normalized spacial score (nSPS) is 21.6. The van der Waals surface area contributed by atoms with Crippen LogP contribution < -0.4 is 4.90 Å². The monoisotopic (exact) mass is 420 g/mol. The van der Waals surface area contributed by atoms with E-state index in [0.717, 1.165) is 4.90 Å². The highest BCUT2D eigenvalue weighted by Crippen LogP contribution is 2.38. The number of carbonyl (C=O) groups excluding carboxylic acids is 2. The van der Waals surface area contributed by atoms with Crippen molar-refractivity contribution in [1.29, 1.82) is 0 Å². The smallest absolute Gasteiger partial charge is 0.311 e. The van der Waals surface area contributed by atoms with Crippen LogP contribution in [0.15, 0.2) is 0 Å². The quantitative estimate of drug-likeness (QED) is 0.383. The van der Waals surface area contributed by atoms with Gasteiger partial charge >= 0.3 is 11.9 Å². The van der Waals surface area contributed by atoms with Gasteiger partial charge in [0.25, 0.3) is 11.9 Å². The Morgan fingerprint density at radius 3 is 2.03 bits per heavy atom. The molecule has 0 bridgehead atoms. The molecule has 1 aromatic heterocycles. The van der Waals surface area contributed by atoms with Crippen LogP contribution in [0.3, 0.4) is 0 Å². The minimum absolute atomic E-state index is 0.0398. The SMILES string of the molecule is CCOC(=O)C1CCC(N(CC)c2c(F)c(F)nc(F)c2F)C(C(=O)OCC)C1. The molecule has 0 N–H and O–H groups in total. The fraction of sp³-hybridized carbons (Fsp3) is 0.632. The molecule has 1 saturated carbocycles. The summed E-state index contributed by atoms with van der Waals surface area (Å²) in [4.78, 5) is 28.3. The predicted molar refractivity (Wildman–Crippen MR) is 95.0 cm³/mol. The summed E-state index contributed by atoms with van der Waals surface area (Å²) < 4.78 is 66.0. The lowest BCUT2D eigenvalue weighted by atomic mass is 9.77. The third kappa shape index (κ3) is 4.79. The van der Waals surface area contributed by atoms with E-state index in [9.17, 15) is 27.2 Å². The Morgan fingerprint density at radius 2 is 1.52 bits per heavy atom. The first kappa shape index (κ1) is 22.9. The molecule has 1 aromatic rings. The zero-order valence-corrected chi connectivity index (χ0v) is 16.5. The second-order valence-corrected chi connectivity index (χ2v) is 6.64. The molecule has 29 heavy (non-hydrogen) atoms. The molecular weight excluding hydrogens is 396 g/mol. The third-order valence-corrected chi connectivity index (χ3v) is 5.03. The lowest BCUT2D eigenvalue weighted by Crippen LogP contribution is -2.49. The maximum atomic E-state index is 14.3. The molecule has 0 amide bonds. The molecule has 3 atom stereocenters. The standard InChI is InChI=1S/C19H24F4N2O4/c1-4-25(15-13(20)16(22)24-17(23)14(15)21)12-8-7-10(18(26)28-5-2)9-11(12)19(27)29-6-3/h10-12H,4-9H2,1-3H3. The highest BCUT2D eigenvalue weighted by atomic mass is 19.2. The van der Waals surface area contributed by atoms with Gasteiger partial charge in [-0.15, -0.1) is 0 Å². The van der Waals surface area contributed by atoms with Crippen molar-refractivity contribution < 1.29 is 36.6 Å². The molecule has 10 heteroatoms. The van der Waals surface area contributed by atoms with Crippen molar-refractivity contribution >= 4 is 17.6 Å². The molecule has 162 valence electrons. The van der Waals surface area contributed by atoms with E-state index in [1.165, 1.54) is 6.92 Å². The highest BCUT2D eigenvalue weighted by molar-refractivity contribution is 5.78. The first-order chi connectivity index (χ1) is 13.8. The predicted octanol–water partition coefficient (Wildman–Crippen LogP) is 3.38. The number of nitrogens with zero attached hydrogens (tertiary/aromatic N) is 2. The van der Waals surface area contributed by atoms with Crippen LogP contribution in [-0.4, -0.2) is 42.7 Å². The number of rotatable bonds is 7. The van der Waals surface area contributed by atoms with Crippen LogP contribution in [0, 0.1) is 35.4 Å². The Morgan fingerprint density at radius 1 is 0.966 bits per heavy atom. The van der Waals surface area contributed by atoms with Crippen LogP contribution in [0.1, 0.15) is 40.0 Å². The number of hydrogen-bond acceptors (Lipinski definition) is 6. The zero-order chi connectivity index (χ0) is 21.7. The molecule has 0 aliphatic heterocycles. The molecular formula is C19H24F4N2O4. The third-order valence-electron chi connectivity index (χ3n) is 5.03. The summed E-state index contributed by atoms with van der Waals surface area (Å²) in [6.45, 7) is 5.00. The van der Waals surface area contributed by atoms with E-state index in [-0.39, 0.29) is 39.0 Å². The summed E-state index contributed by atoms with van der Waals surface area (Å²) in [5, 5.41) is 0. The fourth-order valence-corrected chi connectivity index (χ4v) is 3.79. The van der Waals surface area contributed by atoms with E-state index < -0.39 is 59.0 Å². The number of halogens is 4. The highest BCUT2D eigenvalue weighted by Gasteiger charge is 2.43. The molecule has 1 fully saturated rings. The van der Waals surface area contributed by atoms with Crippen LogP contribution in [0.2, 0.25) is 0 Å². The van der Waals surface area contributed by atoms with Gasteiger partial charge in [0.15, 0.2) is 0 Å². The molecule has 1 aliphatic rings. The molecule has 1 aliphatic carbocycles. The minimum atomic E-state index is -1.77. The molecule has 0 aromatic carbocycles. The molecule has 0 spiro atoms. The molecule has 1 heterocycles. The first-order valence-electron chi connectivity index (χ1n) is 9.56. The average molecular weight is 420 g/mol. The van der Waals surface area contributed by atoms with Gasteiger partial charge in [0.05, 0.1) is 25.0 Å². The Labute approximate surface area is 166 Å². The fourth-order valence-electron chi connectivity index (χ4n) is 3.79. The van der Waals surface area contributed by atoms with Crippen LogP contribution >= 0.6 is 0 Å². The Hall–Kier alpha value is -2.39. The molecule has 2 rings (SSSR count). The van der Waals surface area contributed by atoms with Gasteiger partial charge in [-0.25, -0.2) is 0 Å². The van der Waals surface area contributed by atoms with Gasteiger partial charge in [-0.1, -0.05) is 0 Å². The van der Waals surface area contributed by atoms with Crippen LogP contribution in [0.5, 0.6) is 0 Å². The van der Waals surface area contributed by atoms with E-state index in [1.807, 2.05) is 0 Å². The van der Waals surface area contributed by atoms with Gasteiger partial charge < -0.3 is 14.4 Å². The van der Waals surface area contributed by atoms with Crippen molar-refractivity contribution in [2.45, 2.75) is 46.1 Å². The second-order valence-electron chi connectivity index (χ2n) is 6.64. The van der Waals surface area contributed by atoms with Crippen molar-refractivity contribution in [2.75, 3.05) is 24.7 Å². The topological polar surface area (TPSA) is 68.7 Å². The summed E-state index contributed by atoms with van der Waals surface area (Å²) in [6.07, 6.45) is 0.499. The average Bonchev–Trinajstić information content (AvgIpc) is 2.69. The number of hydrogen-bond donors (Lipinski definition) is 0. The maximum Gasteiger partial charge on any atom is 0.311 e. The summed E-state index contributed by atoms with van der Waals surface area (Å²) >= 11 is 0. The van der Waals surface area contributed by atoms with E-state index >= 15 is 0 Å². The number of carbonyl (C=O) groups is 2. The number of pyridine rings is 1. The zero-order valence-electron chi connectivity index (χ0n) is 16.5. The lowest BCUT2D eigenvalue weighted by molar-refractivity contribution is -0.155. The van der Waals surface area contributed by atoms with Crippen molar-refractivity contribution in [3.63, 3.8) is 0 Å². The molecule has 0 saturated heterocycles. The second kappa shape index (κ2) is 9.89. The summed E-state index contributed by atoms with van der Waals surface area (Å²) in [5.74, 6) is -9.46. The van der Waals surface area contributed by atoms with Crippen LogP contribution in [0.25, 0.3) is 0 Å². The van der Waals surface area contributed by atoms with Crippen molar-refractivity contribution in [3.8, 4) is 0 Å². The largest absolute Gasteiger partial charge is 0.466 e. The van der Waals surface area contributed by atoms with Crippen molar-refractivity contribution in [2.24, 2.45) is 11.8 Å². The van der Waals surface area contributed by atoms with Crippen molar-refractivity contribution in [1.82, 2.24) is 4.98 Å². The summed E-state index contributed by atoms with van der Waals surface area (Å²) in [7, 11) is 0. The first-order valence-corrected chi connectivity index (χ1v) is 9.56. The van der Waals surface area contributed by atoms with Crippen molar-refractivity contribution in [3.05, 3.63) is 23.5 Å². The Balaban J connectivity index is 2.43. The number of anilines is 1. The lowest BCUT2D eigenvalue weighted by Gasteiger charge is -2.41. The molecule has 3 unspecified atom stereocenters. The van der Waals surface area contributed by atoms with E-state index in [0.29, 0.717) is 0 Å². The van der Waals surface area contributed by atoms with E-state index in [1.54, 1.807) is 13.8 Å². The van der Waals surface area contributed by atoms with Gasteiger partial charge in [-0.3, -0.25) is 9.59 Å². The molecule has 6 nitrogen and oxygen atoms in total. The summed E-state index contributed by atoms with van der Waals surface area (Å²) in [5.41, 5.74) is -0.925. The number of ether oxygens (including phenoxy) is 2. The number of aromatic nitrogens is 1. The van der Waals surface area contributed by atoms with E-state index in [2.05, 4.69) is 4.98 Å². The Bertz CT molecular complexity index is 736. The van der Waals surface area contributed by atoms with Crippen LogP contribution in [-0.2, 0) is 19.1 Å². The summed E-state index contributed by atoms with van der Waals surface area (Å²) in [6, 6.07) is -0.824. The van der Waals surface area contributed by atoms with Gasteiger partial charge in [0.1, 0.15) is 5.69 Å². The van der Waals surface area contributed by atoms with Gasteiger partial charge in [-0.05, 0) is 40.0 Å². The molecule has 0 radical (unpaired) electrons.